The van der Waals surface area contributed by atoms with Crippen LogP contribution in [0.2, 0.25) is 5.02 Å². The van der Waals surface area contributed by atoms with E-state index in [1.54, 1.807) is 12.3 Å². The Labute approximate surface area is 117 Å². The number of hydrogen-bond acceptors (Lipinski definition) is 2. The maximum absolute atomic E-state index is 13.5. The molecule has 1 atom stereocenters. The fourth-order valence-corrected chi connectivity index (χ4v) is 2.41. The van der Waals surface area contributed by atoms with Crippen LogP contribution in [0.4, 0.5) is 4.39 Å². The van der Waals surface area contributed by atoms with Crippen molar-refractivity contribution >= 4 is 11.6 Å². The molecule has 1 heterocycles. The lowest BCUT2D eigenvalue weighted by atomic mass is 10.0. The normalized spacial score (nSPS) is 12.6. The largest absolute Gasteiger partial charge is 0.338 e. The van der Waals surface area contributed by atoms with Crippen molar-refractivity contribution in [2.24, 2.45) is 7.05 Å². The van der Waals surface area contributed by atoms with Crippen LogP contribution in [-0.2, 0) is 13.5 Å². The summed E-state index contributed by atoms with van der Waals surface area (Å²) in [6.45, 7) is 0. The Morgan fingerprint density at radius 1 is 1.47 bits per heavy atom. The Hall–Kier alpha value is -1.39. The third-order valence-corrected chi connectivity index (χ3v) is 3.68. The molecule has 5 heteroatoms. The van der Waals surface area contributed by atoms with E-state index >= 15 is 0 Å². The fourth-order valence-electron chi connectivity index (χ4n) is 2.16. The first-order valence-corrected chi connectivity index (χ1v) is 6.58. The van der Waals surface area contributed by atoms with Crippen molar-refractivity contribution in [3.63, 3.8) is 0 Å². The minimum Gasteiger partial charge on any atom is -0.338 e. The number of nitrogens with one attached hydrogen (secondary N) is 1. The van der Waals surface area contributed by atoms with Crippen LogP contribution in [0, 0.1) is 5.82 Å². The summed E-state index contributed by atoms with van der Waals surface area (Å²) in [5.74, 6) is 0.629. The van der Waals surface area contributed by atoms with E-state index in [0.29, 0.717) is 0 Å². The minimum atomic E-state index is -0.378. The van der Waals surface area contributed by atoms with Gasteiger partial charge in [-0.05, 0) is 25.1 Å². The third kappa shape index (κ3) is 3.14. The number of rotatable bonds is 5. The molecule has 0 aliphatic heterocycles. The van der Waals surface area contributed by atoms with Gasteiger partial charge in [0.15, 0.2) is 0 Å². The van der Waals surface area contributed by atoms with Gasteiger partial charge >= 0.3 is 0 Å². The Kier molecular flexibility index (Phi) is 4.56. The first-order chi connectivity index (χ1) is 9.13. The Morgan fingerprint density at radius 2 is 2.26 bits per heavy atom. The summed E-state index contributed by atoms with van der Waals surface area (Å²) in [7, 11) is 3.82. The van der Waals surface area contributed by atoms with Crippen molar-refractivity contribution in [3.05, 3.63) is 52.8 Å². The number of benzene rings is 1. The number of imidazole rings is 1. The minimum absolute atomic E-state index is 0.0138. The summed E-state index contributed by atoms with van der Waals surface area (Å²) >= 11 is 6.02. The molecule has 1 N–H and O–H groups in total. The monoisotopic (exact) mass is 281 g/mol. The van der Waals surface area contributed by atoms with Crippen molar-refractivity contribution in [3.8, 4) is 0 Å². The molecule has 2 aromatic rings. The molecule has 0 saturated heterocycles. The molecule has 1 aromatic carbocycles. The van der Waals surface area contributed by atoms with E-state index in [1.807, 2.05) is 30.9 Å². The second kappa shape index (κ2) is 6.17. The number of nitrogens with zero attached hydrogens (tertiary/aromatic N) is 2. The molecule has 19 heavy (non-hydrogen) atoms. The SMILES string of the molecule is CNC(CCc1nccn1C)c1cccc(F)c1Cl. The molecule has 0 saturated carbocycles. The maximum Gasteiger partial charge on any atom is 0.142 e. The fraction of sp³-hybridized carbons (Fsp3) is 0.357. The lowest BCUT2D eigenvalue weighted by Crippen LogP contribution is -2.18. The summed E-state index contributed by atoms with van der Waals surface area (Å²) in [5, 5.41) is 3.38. The topological polar surface area (TPSA) is 29.9 Å². The van der Waals surface area contributed by atoms with Crippen LogP contribution in [0.3, 0.4) is 0 Å². The zero-order valence-electron chi connectivity index (χ0n) is 11.0. The first-order valence-electron chi connectivity index (χ1n) is 6.21. The number of aryl methyl sites for hydroxylation is 2. The van der Waals surface area contributed by atoms with Gasteiger partial charge in [-0.3, -0.25) is 0 Å². The van der Waals surface area contributed by atoms with Gasteiger partial charge in [0.2, 0.25) is 0 Å². The molecule has 0 aliphatic rings. The molecule has 102 valence electrons. The second-order valence-corrected chi connectivity index (χ2v) is 4.86. The Bertz CT molecular complexity index is 553. The summed E-state index contributed by atoms with van der Waals surface area (Å²) in [6.07, 6.45) is 5.31. The molecule has 1 unspecified atom stereocenters. The van der Waals surface area contributed by atoms with Gasteiger partial charge in [0.05, 0.1) is 5.02 Å². The zero-order chi connectivity index (χ0) is 13.8. The van der Waals surface area contributed by atoms with Gasteiger partial charge < -0.3 is 9.88 Å². The predicted octanol–water partition coefficient (Wildman–Crippen LogP) is 3.11. The lowest BCUT2D eigenvalue weighted by molar-refractivity contribution is 0.530. The van der Waals surface area contributed by atoms with E-state index in [9.17, 15) is 4.39 Å². The molecule has 0 fully saturated rings. The molecule has 0 spiro atoms. The van der Waals surface area contributed by atoms with Crippen LogP contribution < -0.4 is 5.32 Å². The summed E-state index contributed by atoms with van der Waals surface area (Å²) in [6, 6.07) is 4.92. The predicted molar refractivity (Wildman–Crippen MR) is 74.7 cm³/mol. The van der Waals surface area contributed by atoms with E-state index in [0.717, 1.165) is 24.2 Å². The molecule has 0 bridgehead atoms. The first kappa shape index (κ1) is 14.0. The van der Waals surface area contributed by atoms with Crippen molar-refractivity contribution in [2.45, 2.75) is 18.9 Å². The van der Waals surface area contributed by atoms with Gasteiger partial charge in [0.25, 0.3) is 0 Å². The average Bonchev–Trinajstić information content (AvgIpc) is 2.80. The van der Waals surface area contributed by atoms with Gasteiger partial charge in [-0.2, -0.15) is 0 Å². The Morgan fingerprint density at radius 3 is 2.89 bits per heavy atom. The second-order valence-electron chi connectivity index (χ2n) is 4.48. The molecular weight excluding hydrogens is 265 g/mol. The Balaban J connectivity index is 2.12. The maximum atomic E-state index is 13.5. The van der Waals surface area contributed by atoms with Gasteiger partial charge in [-0.15, -0.1) is 0 Å². The molecule has 0 amide bonds. The highest BCUT2D eigenvalue weighted by atomic mass is 35.5. The van der Waals surface area contributed by atoms with Crippen LogP contribution in [0.1, 0.15) is 23.9 Å². The van der Waals surface area contributed by atoms with Gasteiger partial charge in [-0.25, -0.2) is 9.37 Å². The number of halogens is 2. The highest BCUT2D eigenvalue weighted by Gasteiger charge is 2.16. The number of hydrogen-bond donors (Lipinski definition) is 1. The smallest absolute Gasteiger partial charge is 0.142 e. The van der Waals surface area contributed by atoms with Crippen LogP contribution in [0.15, 0.2) is 30.6 Å². The van der Waals surface area contributed by atoms with Crippen LogP contribution in [0.5, 0.6) is 0 Å². The number of aromatic nitrogens is 2. The van der Waals surface area contributed by atoms with Crippen molar-refractivity contribution in [2.75, 3.05) is 7.05 Å². The molecule has 0 radical (unpaired) electrons. The van der Waals surface area contributed by atoms with Crippen LogP contribution >= 0.6 is 11.6 Å². The summed E-state index contributed by atoms with van der Waals surface area (Å²) in [4.78, 5) is 4.28. The van der Waals surface area contributed by atoms with Crippen LogP contribution in [-0.4, -0.2) is 16.6 Å². The van der Waals surface area contributed by atoms with Gasteiger partial charge in [0, 0.05) is 31.9 Å². The van der Waals surface area contributed by atoms with E-state index < -0.39 is 0 Å². The van der Waals surface area contributed by atoms with E-state index in [4.69, 9.17) is 11.6 Å². The molecule has 1 aromatic heterocycles. The van der Waals surface area contributed by atoms with E-state index in [-0.39, 0.29) is 16.9 Å². The van der Waals surface area contributed by atoms with Crippen molar-refractivity contribution in [1.82, 2.24) is 14.9 Å². The van der Waals surface area contributed by atoms with E-state index in [2.05, 4.69) is 10.3 Å². The van der Waals surface area contributed by atoms with Crippen LogP contribution in [0.25, 0.3) is 0 Å². The summed E-state index contributed by atoms with van der Waals surface area (Å²) < 4.78 is 15.5. The lowest BCUT2D eigenvalue weighted by Gasteiger charge is -2.18. The quantitative estimate of drug-likeness (QED) is 0.913. The van der Waals surface area contributed by atoms with Gasteiger partial charge in [0.1, 0.15) is 11.6 Å². The molecular formula is C14H17ClFN3. The van der Waals surface area contributed by atoms with Crippen molar-refractivity contribution in [1.29, 1.82) is 0 Å². The summed E-state index contributed by atoms with van der Waals surface area (Å²) in [5.41, 5.74) is 0.790. The molecule has 0 aliphatic carbocycles. The highest BCUT2D eigenvalue weighted by Crippen LogP contribution is 2.28. The van der Waals surface area contributed by atoms with Crippen molar-refractivity contribution < 1.29 is 4.39 Å². The van der Waals surface area contributed by atoms with Gasteiger partial charge in [-0.1, -0.05) is 23.7 Å². The zero-order valence-corrected chi connectivity index (χ0v) is 11.8. The van der Waals surface area contributed by atoms with E-state index in [1.165, 1.54) is 6.07 Å². The average molecular weight is 282 g/mol. The molecule has 3 nitrogen and oxygen atoms in total. The molecule has 2 rings (SSSR count). The third-order valence-electron chi connectivity index (χ3n) is 3.28. The standard InChI is InChI=1S/C14H17ClFN3/c1-17-12(6-7-13-18-8-9-19(13)2)10-4-3-5-11(16)14(10)15/h3-5,8-9,12,17H,6-7H2,1-2H3. The highest BCUT2D eigenvalue weighted by molar-refractivity contribution is 6.31.